The van der Waals surface area contributed by atoms with Gasteiger partial charge in [-0.2, -0.15) is 0 Å². The molecule has 1 nitrogen and oxygen atoms in total. The number of nitrogens with two attached hydrogens (primary N) is 1. The summed E-state index contributed by atoms with van der Waals surface area (Å²) in [5, 5.41) is 2.33. The number of benzene rings is 3. The smallest absolute Gasteiger partial charge is 0.0393 e. The highest BCUT2D eigenvalue weighted by Crippen LogP contribution is 2.31. The Balaban J connectivity index is 2.14. The molecule has 0 bridgehead atoms. The molecule has 0 amide bonds. The molecule has 0 radical (unpaired) electrons. The summed E-state index contributed by atoms with van der Waals surface area (Å²) < 4.78 is 0. The largest absolute Gasteiger partial charge is 0.398 e. The monoisotopic (exact) mass is 313 g/mol. The molecule has 0 heterocycles. The van der Waals surface area contributed by atoms with Crippen molar-refractivity contribution in [2.75, 3.05) is 5.73 Å². The summed E-state index contributed by atoms with van der Waals surface area (Å²) >= 11 is 0. The lowest BCUT2D eigenvalue weighted by molar-refractivity contribution is 1.36. The molecule has 0 fully saturated rings. The van der Waals surface area contributed by atoms with Crippen molar-refractivity contribution in [2.24, 2.45) is 0 Å². The Labute approximate surface area is 144 Å². The van der Waals surface area contributed by atoms with Crippen molar-refractivity contribution >= 4 is 28.1 Å². The lowest BCUT2D eigenvalue weighted by atomic mass is 9.95. The van der Waals surface area contributed by atoms with Gasteiger partial charge in [-0.25, -0.2) is 0 Å². The Hall–Kier alpha value is -2.80. The normalized spacial score (nSPS) is 10.6. The zero-order valence-corrected chi connectivity index (χ0v) is 14.6. The van der Waals surface area contributed by atoms with Gasteiger partial charge < -0.3 is 5.73 Å². The van der Waals surface area contributed by atoms with Gasteiger partial charge in [0.1, 0.15) is 0 Å². The lowest BCUT2D eigenvalue weighted by Crippen LogP contribution is -1.91. The predicted octanol–water partition coefficient (Wildman–Crippen LogP) is 6.55. The maximum atomic E-state index is 6.05. The highest BCUT2D eigenvalue weighted by Gasteiger charge is 2.06. The summed E-state index contributed by atoms with van der Waals surface area (Å²) in [6.07, 6.45) is 1.83. The molecule has 0 aliphatic rings. The van der Waals surface area contributed by atoms with E-state index in [-0.39, 0.29) is 0 Å². The molecule has 3 aromatic carbocycles. The molecule has 0 atom stereocenters. The summed E-state index contributed by atoms with van der Waals surface area (Å²) in [5.41, 5.74) is 14.2. The van der Waals surface area contributed by atoms with E-state index in [0.29, 0.717) is 0 Å². The van der Waals surface area contributed by atoms with E-state index >= 15 is 0 Å². The second-order valence-corrected chi connectivity index (χ2v) is 6.41. The van der Waals surface area contributed by atoms with Crippen molar-refractivity contribution in [1.29, 1.82) is 0 Å². The molecule has 0 saturated heterocycles. The van der Waals surface area contributed by atoms with Crippen LogP contribution in [0.4, 0.5) is 5.69 Å². The molecule has 24 heavy (non-hydrogen) atoms. The first-order chi connectivity index (χ1) is 11.5. The summed E-state index contributed by atoms with van der Waals surface area (Å²) in [6.45, 7) is 10.4. The van der Waals surface area contributed by atoms with Crippen molar-refractivity contribution in [3.05, 3.63) is 77.9 Å². The number of hydrogen-bond acceptors (Lipinski definition) is 1. The van der Waals surface area contributed by atoms with Gasteiger partial charge >= 0.3 is 0 Å². The van der Waals surface area contributed by atoms with Crippen LogP contribution in [0.2, 0.25) is 0 Å². The van der Waals surface area contributed by atoms with Gasteiger partial charge in [0.05, 0.1) is 0 Å². The standard InChI is InChI=1S/C23H23N/c1-5-21-22-11-9-19(14-20(22)10-12-23(21)24)18-8-6-7-17(13-18)16(4)15(2)3/h5-14H,1,24H2,2-4H3. The molecule has 0 spiro atoms. The quantitative estimate of drug-likeness (QED) is 0.545. The van der Waals surface area contributed by atoms with Crippen LogP contribution in [0.15, 0.2) is 66.7 Å². The molecule has 3 rings (SSSR count). The van der Waals surface area contributed by atoms with Gasteiger partial charge in [-0.05, 0) is 72.0 Å². The number of allylic oxidation sites excluding steroid dienone is 2. The van der Waals surface area contributed by atoms with Crippen LogP contribution in [0.1, 0.15) is 31.9 Å². The summed E-state index contributed by atoms with van der Waals surface area (Å²) in [4.78, 5) is 0. The molecule has 0 aromatic heterocycles. The van der Waals surface area contributed by atoms with Crippen molar-refractivity contribution < 1.29 is 0 Å². The van der Waals surface area contributed by atoms with Crippen LogP contribution in [-0.4, -0.2) is 0 Å². The predicted molar refractivity (Wildman–Crippen MR) is 108 cm³/mol. The van der Waals surface area contributed by atoms with E-state index in [9.17, 15) is 0 Å². The first-order valence-corrected chi connectivity index (χ1v) is 8.21. The fourth-order valence-corrected chi connectivity index (χ4v) is 3.00. The van der Waals surface area contributed by atoms with E-state index in [1.807, 2.05) is 12.1 Å². The van der Waals surface area contributed by atoms with E-state index < -0.39 is 0 Å². The maximum absolute atomic E-state index is 6.05. The molecule has 1 heteroatoms. The molecule has 120 valence electrons. The number of fused-ring (bicyclic) bond motifs is 1. The number of nitrogen functional groups attached to an aromatic ring is 1. The van der Waals surface area contributed by atoms with E-state index in [1.54, 1.807) is 0 Å². The summed E-state index contributed by atoms with van der Waals surface area (Å²) in [5.74, 6) is 0. The second kappa shape index (κ2) is 6.37. The maximum Gasteiger partial charge on any atom is 0.0393 e. The highest BCUT2D eigenvalue weighted by molar-refractivity contribution is 5.97. The zero-order chi connectivity index (χ0) is 17.3. The Morgan fingerprint density at radius 1 is 0.917 bits per heavy atom. The van der Waals surface area contributed by atoms with Crippen molar-refractivity contribution in [2.45, 2.75) is 20.8 Å². The van der Waals surface area contributed by atoms with E-state index in [4.69, 9.17) is 5.73 Å². The fourth-order valence-electron chi connectivity index (χ4n) is 3.00. The van der Waals surface area contributed by atoms with Gasteiger partial charge in [0, 0.05) is 11.3 Å². The van der Waals surface area contributed by atoms with Crippen molar-refractivity contribution in [3.8, 4) is 11.1 Å². The second-order valence-electron chi connectivity index (χ2n) is 6.41. The molecule has 0 saturated carbocycles. The lowest BCUT2D eigenvalue weighted by Gasteiger charge is -2.10. The van der Waals surface area contributed by atoms with E-state index in [1.165, 1.54) is 33.2 Å². The molecular formula is C23H23N. The van der Waals surface area contributed by atoms with Gasteiger partial charge in [0.15, 0.2) is 0 Å². The van der Waals surface area contributed by atoms with Gasteiger partial charge in [0.25, 0.3) is 0 Å². The first kappa shape index (κ1) is 16.1. The first-order valence-electron chi connectivity index (χ1n) is 8.21. The van der Waals surface area contributed by atoms with Crippen LogP contribution in [-0.2, 0) is 0 Å². The van der Waals surface area contributed by atoms with Gasteiger partial charge in [-0.3, -0.25) is 0 Å². The average molecular weight is 313 g/mol. The molecule has 2 N–H and O–H groups in total. The Kier molecular flexibility index (Phi) is 4.26. The minimum atomic E-state index is 0.770. The van der Waals surface area contributed by atoms with Crippen molar-refractivity contribution in [3.63, 3.8) is 0 Å². The third kappa shape index (κ3) is 2.85. The Morgan fingerprint density at radius 3 is 2.38 bits per heavy atom. The number of rotatable bonds is 3. The summed E-state index contributed by atoms with van der Waals surface area (Å²) in [7, 11) is 0. The number of hydrogen-bond donors (Lipinski definition) is 1. The molecule has 0 aliphatic carbocycles. The average Bonchev–Trinajstić information content (AvgIpc) is 2.60. The molecule has 0 unspecified atom stereocenters. The number of anilines is 1. The van der Waals surface area contributed by atoms with Crippen LogP contribution in [0.3, 0.4) is 0 Å². The van der Waals surface area contributed by atoms with Crippen molar-refractivity contribution in [1.82, 2.24) is 0 Å². The van der Waals surface area contributed by atoms with Gasteiger partial charge in [-0.1, -0.05) is 54.6 Å². The fraction of sp³-hybridized carbons (Fsp3) is 0.130. The Bertz CT molecular complexity index is 957. The van der Waals surface area contributed by atoms with E-state index in [2.05, 4.69) is 75.9 Å². The van der Waals surface area contributed by atoms with Gasteiger partial charge in [-0.15, -0.1) is 0 Å². The minimum Gasteiger partial charge on any atom is -0.398 e. The third-order valence-corrected chi connectivity index (χ3v) is 4.68. The third-order valence-electron chi connectivity index (χ3n) is 4.68. The molecule has 3 aromatic rings. The Morgan fingerprint density at radius 2 is 1.67 bits per heavy atom. The van der Waals surface area contributed by atoms with E-state index in [0.717, 1.165) is 16.6 Å². The topological polar surface area (TPSA) is 26.0 Å². The van der Waals surface area contributed by atoms with Crippen LogP contribution in [0.5, 0.6) is 0 Å². The van der Waals surface area contributed by atoms with Crippen LogP contribution >= 0.6 is 0 Å². The SMILES string of the molecule is C=Cc1c(N)ccc2cc(-c3cccc(C(C)=C(C)C)c3)ccc12. The van der Waals surface area contributed by atoms with Crippen LogP contribution < -0.4 is 5.73 Å². The highest BCUT2D eigenvalue weighted by atomic mass is 14.6. The molecular weight excluding hydrogens is 290 g/mol. The summed E-state index contributed by atoms with van der Waals surface area (Å²) in [6, 6.07) is 19.3. The van der Waals surface area contributed by atoms with Crippen LogP contribution in [0.25, 0.3) is 33.5 Å². The molecule has 0 aliphatic heterocycles. The van der Waals surface area contributed by atoms with Gasteiger partial charge in [0.2, 0.25) is 0 Å². The zero-order valence-electron chi connectivity index (χ0n) is 14.6. The van der Waals surface area contributed by atoms with Crippen LogP contribution in [0, 0.1) is 0 Å². The minimum absolute atomic E-state index is 0.770.